The van der Waals surface area contributed by atoms with Crippen LogP contribution < -0.4 is 0 Å². The average molecular weight is 360 g/mol. The molecule has 2 aromatic rings. The van der Waals surface area contributed by atoms with Gasteiger partial charge in [0.2, 0.25) is 0 Å². The SMILES string of the molecule is Cc1cccc(C(O)Cc2c(Cl)cccc2Cl)c1Br. The maximum atomic E-state index is 10.4. The minimum absolute atomic E-state index is 0.389. The van der Waals surface area contributed by atoms with Crippen molar-refractivity contribution >= 4 is 39.1 Å². The molecule has 1 unspecified atom stereocenters. The van der Waals surface area contributed by atoms with E-state index in [4.69, 9.17) is 23.2 Å². The summed E-state index contributed by atoms with van der Waals surface area (Å²) >= 11 is 15.8. The van der Waals surface area contributed by atoms with Gasteiger partial charge in [-0.05, 0) is 35.7 Å². The Morgan fingerprint density at radius 3 is 2.32 bits per heavy atom. The molecule has 0 amide bonds. The molecule has 0 bridgehead atoms. The first-order valence-electron chi connectivity index (χ1n) is 5.86. The zero-order valence-corrected chi connectivity index (χ0v) is 13.4. The van der Waals surface area contributed by atoms with Crippen molar-refractivity contribution in [2.45, 2.75) is 19.4 Å². The summed E-state index contributed by atoms with van der Waals surface area (Å²) in [5.74, 6) is 0. The molecule has 0 aliphatic heterocycles. The van der Waals surface area contributed by atoms with Crippen molar-refractivity contribution in [2.75, 3.05) is 0 Å². The monoisotopic (exact) mass is 358 g/mol. The molecule has 0 fully saturated rings. The van der Waals surface area contributed by atoms with Gasteiger partial charge in [-0.3, -0.25) is 0 Å². The molecular weight excluding hydrogens is 347 g/mol. The Morgan fingerprint density at radius 2 is 1.68 bits per heavy atom. The summed E-state index contributed by atoms with van der Waals surface area (Å²) < 4.78 is 0.922. The third kappa shape index (κ3) is 3.32. The van der Waals surface area contributed by atoms with Gasteiger partial charge in [0.25, 0.3) is 0 Å². The average Bonchev–Trinajstić information content (AvgIpc) is 2.37. The third-order valence-electron chi connectivity index (χ3n) is 3.04. The Morgan fingerprint density at radius 1 is 1.11 bits per heavy atom. The number of aliphatic hydroxyl groups is 1. The lowest BCUT2D eigenvalue weighted by Crippen LogP contribution is -2.04. The van der Waals surface area contributed by atoms with Gasteiger partial charge in [0, 0.05) is 20.9 Å². The van der Waals surface area contributed by atoms with E-state index in [1.54, 1.807) is 18.2 Å². The van der Waals surface area contributed by atoms with E-state index in [1.165, 1.54) is 0 Å². The van der Waals surface area contributed by atoms with Gasteiger partial charge in [-0.2, -0.15) is 0 Å². The number of hydrogen-bond donors (Lipinski definition) is 1. The number of hydrogen-bond acceptors (Lipinski definition) is 1. The van der Waals surface area contributed by atoms with Gasteiger partial charge in [0.15, 0.2) is 0 Å². The standard InChI is InChI=1S/C15H13BrCl2O/c1-9-4-2-5-10(15(9)16)14(19)8-11-12(17)6-3-7-13(11)18/h2-7,14,19H,8H2,1H3. The van der Waals surface area contributed by atoms with Crippen molar-refractivity contribution in [2.24, 2.45) is 0 Å². The van der Waals surface area contributed by atoms with Crippen LogP contribution in [0.25, 0.3) is 0 Å². The van der Waals surface area contributed by atoms with Crippen LogP contribution in [0.3, 0.4) is 0 Å². The molecule has 0 aromatic heterocycles. The van der Waals surface area contributed by atoms with Crippen molar-refractivity contribution in [3.63, 3.8) is 0 Å². The zero-order chi connectivity index (χ0) is 14.0. The summed E-state index contributed by atoms with van der Waals surface area (Å²) in [5.41, 5.74) is 2.70. The number of halogens is 3. The Kier molecular flexibility index (Phi) is 4.91. The highest BCUT2D eigenvalue weighted by atomic mass is 79.9. The Bertz CT molecular complexity index is 578. The van der Waals surface area contributed by atoms with Crippen molar-refractivity contribution in [1.82, 2.24) is 0 Å². The second-order valence-electron chi connectivity index (χ2n) is 4.40. The summed E-state index contributed by atoms with van der Waals surface area (Å²) in [7, 11) is 0. The predicted octanol–water partition coefficient (Wildman–Crippen LogP) is 5.34. The summed E-state index contributed by atoms with van der Waals surface area (Å²) in [6, 6.07) is 11.2. The van der Waals surface area contributed by atoms with E-state index < -0.39 is 6.10 Å². The molecule has 4 heteroatoms. The third-order valence-corrected chi connectivity index (χ3v) is 4.83. The van der Waals surface area contributed by atoms with Crippen LogP contribution in [-0.2, 0) is 6.42 Å². The Balaban J connectivity index is 2.31. The topological polar surface area (TPSA) is 20.2 Å². The second kappa shape index (κ2) is 6.27. The van der Waals surface area contributed by atoms with E-state index in [9.17, 15) is 5.11 Å². The highest BCUT2D eigenvalue weighted by Crippen LogP contribution is 2.32. The molecule has 0 saturated heterocycles. The van der Waals surface area contributed by atoms with E-state index in [0.29, 0.717) is 16.5 Å². The summed E-state index contributed by atoms with van der Waals surface area (Å²) in [4.78, 5) is 0. The fourth-order valence-electron chi connectivity index (χ4n) is 1.96. The van der Waals surface area contributed by atoms with Gasteiger partial charge in [0.1, 0.15) is 0 Å². The molecule has 0 aliphatic rings. The van der Waals surface area contributed by atoms with Crippen LogP contribution in [0, 0.1) is 6.92 Å². The van der Waals surface area contributed by atoms with Crippen molar-refractivity contribution < 1.29 is 5.11 Å². The highest BCUT2D eigenvalue weighted by Gasteiger charge is 2.16. The fourth-order valence-corrected chi connectivity index (χ4v) is 3.04. The largest absolute Gasteiger partial charge is 0.388 e. The minimum atomic E-state index is -0.647. The zero-order valence-electron chi connectivity index (χ0n) is 10.3. The summed E-state index contributed by atoms with van der Waals surface area (Å²) in [6.45, 7) is 1.99. The summed E-state index contributed by atoms with van der Waals surface area (Å²) in [5, 5.41) is 11.5. The molecule has 1 N–H and O–H groups in total. The molecule has 2 rings (SSSR count). The lowest BCUT2D eigenvalue weighted by molar-refractivity contribution is 0.177. The van der Waals surface area contributed by atoms with Crippen LogP contribution in [0.1, 0.15) is 22.8 Å². The van der Waals surface area contributed by atoms with E-state index in [1.807, 2.05) is 25.1 Å². The Labute approximate surface area is 131 Å². The van der Waals surface area contributed by atoms with Gasteiger partial charge in [-0.15, -0.1) is 0 Å². The molecule has 0 spiro atoms. The van der Waals surface area contributed by atoms with Crippen LogP contribution in [0.4, 0.5) is 0 Å². The molecule has 19 heavy (non-hydrogen) atoms. The van der Waals surface area contributed by atoms with E-state index >= 15 is 0 Å². The molecule has 0 saturated carbocycles. The van der Waals surface area contributed by atoms with Crippen molar-refractivity contribution in [3.8, 4) is 0 Å². The van der Waals surface area contributed by atoms with Crippen molar-refractivity contribution in [1.29, 1.82) is 0 Å². The van der Waals surface area contributed by atoms with Gasteiger partial charge in [0.05, 0.1) is 6.10 Å². The second-order valence-corrected chi connectivity index (χ2v) is 6.01. The summed E-state index contributed by atoms with van der Waals surface area (Å²) in [6.07, 6.45) is -0.257. The predicted molar refractivity (Wildman–Crippen MR) is 84.0 cm³/mol. The fraction of sp³-hybridized carbons (Fsp3) is 0.200. The van der Waals surface area contributed by atoms with Crippen LogP contribution in [0.2, 0.25) is 10.0 Å². The first-order valence-corrected chi connectivity index (χ1v) is 7.41. The quantitative estimate of drug-likeness (QED) is 0.784. The lowest BCUT2D eigenvalue weighted by atomic mass is 10.00. The molecule has 2 aromatic carbocycles. The first-order chi connectivity index (χ1) is 9.00. The van der Waals surface area contributed by atoms with E-state index in [2.05, 4.69) is 15.9 Å². The smallest absolute Gasteiger partial charge is 0.0842 e. The van der Waals surface area contributed by atoms with Crippen LogP contribution in [-0.4, -0.2) is 5.11 Å². The van der Waals surface area contributed by atoms with Gasteiger partial charge in [-0.1, -0.05) is 63.4 Å². The van der Waals surface area contributed by atoms with Crippen molar-refractivity contribution in [3.05, 3.63) is 67.6 Å². The first kappa shape index (κ1) is 14.9. The number of rotatable bonds is 3. The molecule has 0 heterocycles. The highest BCUT2D eigenvalue weighted by molar-refractivity contribution is 9.10. The maximum absolute atomic E-state index is 10.4. The molecule has 1 atom stereocenters. The number of aliphatic hydroxyl groups excluding tert-OH is 1. The maximum Gasteiger partial charge on any atom is 0.0842 e. The number of benzene rings is 2. The van der Waals surface area contributed by atoms with Gasteiger partial charge >= 0.3 is 0 Å². The van der Waals surface area contributed by atoms with E-state index in [-0.39, 0.29) is 0 Å². The lowest BCUT2D eigenvalue weighted by Gasteiger charge is -2.16. The van der Waals surface area contributed by atoms with Gasteiger partial charge < -0.3 is 5.11 Å². The van der Waals surface area contributed by atoms with Crippen LogP contribution in [0.15, 0.2) is 40.9 Å². The van der Waals surface area contributed by atoms with E-state index in [0.717, 1.165) is 21.2 Å². The molecule has 100 valence electrons. The molecule has 0 radical (unpaired) electrons. The van der Waals surface area contributed by atoms with Crippen LogP contribution in [0.5, 0.6) is 0 Å². The molecule has 0 aliphatic carbocycles. The molecule has 1 nitrogen and oxygen atoms in total. The minimum Gasteiger partial charge on any atom is -0.388 e. The normalized spacial score (nSPS) is 12.5. The molecular formula is C15H13BrCl2O. The van der Waals surface area contributed by atoms with Crippen LogP contribution >= 0.6 is 39.1 Å². The number of aryl methyl sites for hydroxylation is 1. The Hall–Kier alpha value is -0.540. The van der Waals surface area contributed by atoms with Gasteiger partial charge in [-0.25, -0.2) is 0 Å².